The van der Waals surface area contributed by atoms with Gasteiger partial charge in [0.2, 0.25) is 0 Å². The lowest BCUT2D eigenvalue weighted by molar-refractivity contribution is 0.421. The van der Waals surface area contributed by atoms with E-state index in [9.17, 15) is 0 Å². The Bertz CT molecular complexity index is 450. The molecule has 0 amide bonds. The third-order valence-electron chi connectivity index (χ3n) is 1.81. The molecule has 1 aromatic heterocycles. The fourth-order valence-corrected chi connectivity index (χ4v) is 2.75. The largest absolute Gasteiger partial charge is 0.495 e. The maximum atomic E-state index is 6.02. The Hall–Kier alpha value is -0.440. The molecule has 1 nitrogen and oxygen atoms in total. The number of hydrogen-bond donors (Lipinski definition) is 0. The Balaban J connectivity index is 2.87. The highest BCUT2D eigenvalue weighted by molar-refractivity contribution is 7.18. The molecule has 0 aliphatic heterocycles. The summed E-state index contributed by atoms with van der Waals surface area (Å²) in [7, 11) is 1.62. The summed E-state index contributed by atoms with van der Waals surface area (Å²) in [5.41, 5.74) is 0. The third kappa shape index (κ3) is 1.39. The molecule has 0 bridgehead atoms. The second-order valence-electron chi connectivity index (χ2n) is 2.54. The number of ether oxygens (including phenoxy) is 1. The number of hydrogen-bond acceptors (Lipinski definition) is 2. The molecule has 2 aromatic rings. The van der Waals surface area contributed by atoms with Gasteiger partial charge in [0.05, 0.1) is 27.2 Å². The predicted molar refractivity (Wildman–Crippen MR) is 58.4 cm³/mol. The molecule has 13 heavy (non-hydrogen) atoms. The minimum Gasteiger partial charge on any atom is -0.495 e. The molecule has 0 radical (unpaired) electrons. The maximum absolute atomic E-state index is 6.02. The lowest BCUT2D eigenvalue weighted by Crippen LogP contribution is -1.79. The molecule has 68 valence electrons. The van der Waals surface area contributed by atoms with E-state index in [1.165, 1.54) is 11.3 Å². The molecule has 0 unspecified atom stereocenters. The molecule has 0 saturated heterocycles. The van der Waals surface area contributed by atoms with Crippen LogP contribution in [0.4, 0.5) is 0 Å². The monoisotopic (exact) mass is 232 g/mol. The number of fused-ring (bicyclic) bond motifs is 1. The van der Waals surface area contributed by atoms with E-state index in [0.29, 0.717) is 10.0 Å². The van der Waals surface area contributed by atoms with Crippen LogP contribution in [0, 0.1) is 0 Å². The first-order valence-electron chi connectivity index (χ1n) is 3.63. The van der Waals surface area contributed by atoms with Gasteiger partial charge >= 0.3 is 0 Å². The first-order valence-corrected chi connectivity index (χ1v) is 5.27. The Labute approximate surface area is 89.8 Å². The molecule has 0 spiro atoms. The highest BCUT2D eigenvalue weighted by Crippen LogP contribution is 2.40. The number of thiophene rings is 1. The average molecular weight is 233 g/mol. The predicted octanol–water partition coefficient (Wildman–Crippen LogP) is 4.22. The summed E-state index contributed by atoms with van der Waals surface area (Å²) in [5, 5.41) is 4.20. The van der Waals surface area contributed by atoms with Crippen LogP contribution in [0.2, 0.25) is 10.0 Å². The van der Waals surface area contributed by atoms with Gasteiger partial charge in [-0.3, -0.25) is 0 Å². The summed E-state index contributed by atoms with van der Waals surface area (Å²) < 4.78 is 6.15. The Morgan fingerprint density at radius 3 is 2.62 bits per heavy atom. The Morgan fingerprint density at radius 1 is 1.23 bits per heavy atom. The first kappa shape index (κ1) is 9.13. The molecule has 0 aliphatic rings. The Kier molecular flexibility index (Phi) is 2.37. The van der Waals surface area contributed by atoms with Gasteiger partial charge < -0.3 is 4.74 Å². The zero-order chi connectivity index (χ0) is 9.42. The first-order chi connectivity index (χ1) is 6.24. The van der Waals surface area contributed by atoms with Crippen LogP contribution in [0.5, 0.6) is 5.75 Å². The fraction of sp³-hybridized carbons (Fsp3) is 0.111. The SMILES string of the molecule is COc1csc2c(Cl)ccc(Cl)c12. The summed E-state index contributed by atoms with van der Waals surface area (Å²) in [6, 6.07) is 3.57. The standard InChI is InChI=1S/C9H6Cl2OS/c1-12-7-4-13-9-6(11)3-2-5(10)8(7)9/h2-4H,1H3. The number of methoxy groups -OCH3 is 1. The van der Waals surface area contributed by atoms with Crippen LogP contribution in [-0.2, 0) is 0 Å². The molecule has 0 N–H and O–H groups in total. The van der Waals surface area contributed by atoms with E-state index < -0.39 is 0 Å². The lowest BCUT2D eigenvalue weighted by Gasteiger charge is -1.99. The molecular formula is C9H6Cl2OS. The van der Waals surface area contributed by atoms with E-state index in [0.717, 1.165) is 15.8 Å². The zero-order valence-electron chi connectivity index (χ0n) is 6.80. The van der Waals surface area contributed by atoms with Crippen LogP contribution in [0.25, 0.3) is 10.1 Å². The van der Waals surface area contributed by atoms with E-state index in [2.05, 4.69) is 0 Å². The van der Waals surface area contributed by atoms with Gasteiger partial charge in [-0.1, -0.05) is 23.2 Å². The summed E-state index contributed by atoms with van der Waals surface area (Å²) in [6.45, 7) is 0. The van der Waals surface area contributed by atoms with Crippen LogP contribution in [0.15, 0.2) is 17.5 Å². The van der Waals surface area contributed by atoms with E-state index in [1.54, 1.807) is 19.2 Å². The summed E-state index contributed by atoms with van der Waals surface area (Å²) in [4.78, 5) is 0. The summed E-state index contributed by atoms with van der Waals surface area (Å²) >= 11 is 13.6. The second-order valence-corrected chi connectivity index (χ2v) is 4.23. The zero-order valence-corrected chi connectivity index (χ0v) is 9.13. The Morgan fingerprint density at radius 2 is 1.92 bits per heavy atom. The van der Waals surface area contributed by atoms with Crippen LogP contribution in [-0.4, -0.2) is 7.11 Å². The van der Waals surface area contributed by atoms with Crippen molar-refractivity contribution in [2.24, 2.45) is 0 Å². The number of halogens is 2. The van der Waals surface area contributed by atoms with E-state index in [4.69, 9.17) is 27.9 Å². The van der Waals surface area contributed by atoms with Gasteiger partial charge in [0.25, 0.3) is 0 Å². The van der Waals surface area contributed by atoms with Gasteiger partial charge in [-0.2, -0.15) is 0 Å². The molecule has 1 heterocycles. The number of benzene rings is 1. The molecule has 4 heteroatoms. The van der Waals surface area contributed by atoms with Crippen molar-refractivity contribution in [3.8, 4) is 5.75 Å². The molecule has 0 aliphatic carbocycles. The van der Waals surface area contributed by atoms with Gasteiger partial charge in [0.1, 0.15) is 5.75 Å². The average Bonchev–Trinajstić information content (AvgIpc) is 2.56. The fourth-order valence-electron chi connectivity index (χ4n) is 1.20. The minimum atomic E-state index is 0.678. The topological polar surface area (TPSA) is 9.23 Å². The van der Waals surface area contributed by atoms with E-state index >= 15 is 0 Å². The smallest absolute Gasteiger partial charge is 0.138 e. The second kappa shape index (κ2) is 3.37. The van der Waals surface area contributed by atoms with Crippen molar-refractivity contribution < 1.29 is 4.74 Å². The summed E-state index contributed by atoms with van der Waals surface area (Å²) in [5.74, 6) is 0.785. The molecule has 1 aromatic carbocycles. The molecule has 0 atom stereocenters. The van der Waals surface area contributed by atoms with E-state index in [-0.39, 0.29) is 0 Å². The van der Waals surface area contributed by atoms with E-state index in [1.807, 2.05) is 5.38 Å². The summed E-state index contributed by atoms with van der Waals surface area (Å²) in [6.07, 6.45) is 0. The van der Waals surface area contributed by atoms with Crippen molar-refractivity contribution in [1.82, 2.24) is 0 Å². The van der Waals surface area contributed by atoms with Crippen LogP contribution < -0.4 is 4.74 Å². The van der Waals surface area contributed by atoms with Crippen LogP contribution in [0.1, 0.15) is 0 Å². The third-order valence-corrected chi connectivity index (χ3v) is 3.54. The van der Waals surface area contributed by atoms with Gasteiger partial charge in [-0.25, -0.2) is 0 Å². The quantitative estimate of drug-likeness (QED) is 0.716. The molecular weight excluding hydrogens is 227 g/mol. The van der Waals surface area contributed by atoms with Gasteiger partial charge in [-0.05, 0) is 12.1 Å². The molecule has 2 rings (SSSR count). The van der Waals surface area contributed by atoms with Crippen molar-refractivity contribution in [3.05, 3.63) is 27.6 Å². The van der Waals surface area contributed by atoms with Crippen LogP contribution >= 0.6 is 34.5 Å². The van der Waals surface area contributed by atoms with Gasteiger partial charge in [-0.15, -0.1) is 11.3 Å². The maximum Gasteiger partial charge on any atom is 0.138 e. The van der Waals surface area contributed by atoms with Gasteiger partial charge in [0.15, 0.2) is 0 Å². The van der Waals surface area contributed by atoms with Crippen molar-refractivity contribution in [1.29, 1.82) is 0 Å². The number of rotatable bonds is 1. The highest BCUT2D eigenvalue weighted by Gasteiger charge is 2.10. The van der Waals surface area contributed by atoms with Crippen LogP contribution in [0.3, 0.4) is 0 Å². The van der Waals surface area contributed by atoms with Gasteiger partial charge in [0, 0.05) is 5.38 Å². The van der Waals surface area contributed by atoms with Crippen molar-refractivity contribution in [2.75, 3.05) is 7.11 Å². The lowest BCUT2D eigenvalue weighted by atomic mass is 10.2. The van der Waals surface area contributed by atoms with Crippen molar-refractivity contribution in [3.63, 3.8) is 0 Å². The highest BCUT2D eigenvalue weighted by atomic mass is 35.5. The molecule has 0 saturated carbocycles. The molecule has 0 fully saturated rings. The van der Waals surface area contributed by atoms with Crippen molar-refractivity contribution >= 4 is 44.6 Å². The van der Waals surface area contributed by atoms with Crippen molar-refractivity contribution in [2.45, 2.75) is 0 Å². The normalized spacial score (nSPS) is 10.7. The minimum absolute atomic E-state index is 0.678.